The predicted molar refractivity (Wildman–Crippen MR) is 124 cm³/mol. The zero-order chi connectivity index (χ0) is 22.9. The van der Waals surface area contributed by atoms with Crippen LogP contribution in [0.4, 0.5) is 0 Å². The fraction of sp³-hybridized carbons (Fsp3) is 0.440. The van der Waals surface area contributed by atoms with Crippen LogP contribution in [-0.2, 0) is 4.79 Å². The summed E-state index contributed by atoms with van der Waals surface area (Å²) in [5.41, 5.74) is 0.964. The highest BCUT2D eigenvalue weighted by atomic mass is 16.5. The Hall–Kier alpha value is -3.06. The number of benzene rings is 1. The number of amides is 2. The zero-order valence-electron chi connectivity index (χ0n) is 19.2. The molecule has 1 saturated heterocycles. The monoisotopic (exact) mass is 439 g/mol. The van der Waals surface area contributed by atoms with Crippen molar-refractivity contribution in [2.45, 2.75) is 13.8 Å². The topological polar surface area (TPSA) is 66.2 Å². The summed E-state index contributed by atoms with van der Waals surface area (Å²) in [6.45, 7) is 8.76. The van der Waals surface area contributed by atoms with Crippen molar-refractivity contribution in [2.75, 3.05) is 52.9 Å². The molecule has 2 heterocycles. The molecular formula is C25H33N3O4. The Morgan fingerprint density at radius 1 is 1.12 bits per heavy atom. The Morgan fingerprint density at radius 3 is 2.53 bits per heavy atom. The number of methoxy groups -OCH3 is 1. The summed E-state index contributed by atoms with van der Waals surface area (Å²) >= 11 is 0. The van der Waals surface area contributed by atoms with E-state index in [0.29, 0.717) is 18.8 Å². The number of furan rings is 1. The highest BCUT2D eigenvalue weighted by Crippen LogP contribution is 2.19. The second-order valence-corrected chi connectivity index (χ2v) is 8.19. The molecule has 0 spiro atoms. The van der Waals surface area contributed by atoms with Gasteiger partial charge < -0.3 is 19.0 Å². The maximum Gasteiger partial charge on any atom is 0.289 e. The van der Waals surface area contributed by atoms with Gasteiger partial charge in [-0.1, -0.05) is 44.2 Å². The highest BCUT2D eigenvalue weighted by Gasteiger charge is 2.24. The minimum absolute atomic E-state index is 0.0259. The van der Waals surface area contributed by atoms with E-state index in [-0.39, 0.29) is 17.7 Å². The molecule has 0 radical (unpaired) electrons. The van der Waals surface area contributed by atoms with E-state index in [1.54, 1.807) is 24.1 Å². The van der Waals surface area contributed by atoms with Crippen molar-refractivity contribution < 1.29 is 18.7 Å². The second-order valence-electron chi connectivity index (χ2n) is 8.19. The maximum absolute atomic E-state index is 13.0. The van der Waals surface area contributed by atoms with Gasteiger partial charge >= 0.3 is 0 Å². The van der Waals surface area contributed by atoms with Crippen LogP contribution in [0.3, 0.4) is 0 Å². The van der Waals surface area contributed by atoms with Gasteiger partial charge in [0, 0.05) is 57.3 Å². The molecular weight excluding hydrogens is 406 g/mol. The van der Waals surface area contributed by atoms with Crippen LogP contribution in [0, 0.1) is 5.92 Å². The first kappa shape index (κ1) is 23.6. The van der Waals surface area contributed by atoms with E-state index in [0.717, 1.165) is 44.0 Å². The molecule has 1 aromatic carbocycles. The van der Waals surface area contributed by atoms with Gasteiger partial charge in [-0.25, -0.2) is 0 Å². The van der Waals surface area contributed by atoms with Crippen molar-refractivity contribution in [2.24, 2.45) is 5.92 Å². The zero-order valence-corrected chi connectivity index (χ0v) is 19.2. The minimum Gasteiger partial charge on any atom is -0.496 e. The van der Waals surface area contributed by atoms with Gasteiger partial charge in [0.25, 0.3) is 5.91 Å². The average molecular weight is 440 g/mol. The van der Waals surface area contributed by atoms with Gasteiger partial charge in [0.15, 0.2) is 5.76 Å². The molecule has 32 heavy (non-hydrogen) atoms. The van der Waals surface area contributed by atoms with Gasteiger partial charge in [-0.15, -0.1) is 0 Å². The summed E-state index contributed by atoms with van der Waals surface area (Å²) in [5.74, 6) is 1.23. The van der Waals surface area contributed by atoms with Gasteiger partial charge in [0.1, 0.15) is 5.75 Å². The average Bonchev–Trinajstić information content (AvgIpc) is 3.36. The summed E-state index contributed by atoms with van der Waals surface area (Å²) in [6.07, 6.45) is 5.45. The van der Waals surface area contributed by atoms with E-state index in [1.165, 1.54) is 6.26 Å². The Bertz CT molecular complexity index is 900. The van der Waals surface area contributed by atoms with Gasteiger partial charge in [-0.3, -0.25) is 14.5 Å². The molecule has 0 unspecified atom stereocenters. The molecule has 1 aliphatic heterocycles. The molecule has 172 valence electrons. The molecule has 0 atom stereocenters. The molecule has 1 fully saturated rings. The molecule has 7 heteroatoms. The third kappa shape index (κ3) is 6.23. The van der Waals surface area contributed by atoms with Crippen molar-refractivity contribution >= 4 is 17.9 Å². The standard InChI is InChI=1S/C25H33N3O4/c1-20(2)24(29)28-17-14-26(15-18-28)13-16-27(25(30)23-11-7-19-32-23)12-6-9-21-8-4-5-10-22(21)31-3/h4-11,19-20H,12-18H2,1-3H3/b9-6+. The van der Waals surface area contributed by atoms with Gasteiger partial charge in [-0.05, 0) is 18.2 Å². The van der Waals surface area contributed by atoms with Crippen molar-refractivity contribution in [3.63, 3.8) is 0 Å². The summed E-state index contributed by atoms with van der Waals surface area (Å²) in [5, 5.41) is 0. The fourth-order valence-corrected chi connectivity index (χ4v) is 3.76. The van der Waals surface area contributed by atoms with Crippen LogP contribution in [0.2, 0.25) is 0 Å². The van der Waals surface area contributed by atoms with E-state index in [2.05, 4.69) is 4.90 Å². The van der Waals surface area contributed by atoms with Crippen LogP contribution >= 0.6 is 0 Å². The number of rotatable bonds is 9. The summed E-state index contributed by atoms with van der Waals surface area (Å²) in [7, 11) is 1.65. The van der Waals surface area contributed by atoms with E-state index in [4.69, 9.17) is 9.15 Å². The molecule has 0 bridgehead atoms. The quantitative estimate of drug-likeness (QED) is 0.600. The van der Waals surface area contributed by atoms with Gasteiger partial charge in [0.05, 0.1) is 13.4 Å². The van der Waals surface area contributed by atoms with Crippen LogP contribution in [0.1, 0.15) is 30.0 Å². The normalized spacial score (nSPS) is 14.8. The Labute approximate surface area is 190 Å². The Kier molecular flexibility index (Phi) is 8.50. The number of hydrogen-bond donors (Lipinski definition) is 0. The molecule has 7 nitrogen and oxygen atoms in total. The molecule has 1 aromatic heterocycles. The van der Waals surface area contributed by atoms with Crippen molar-refractivity contribution in [1.29, 1.82) is 0 Å². The summed E-state index contributed by atoms with van der Waals surface area (Å²) < 4.78 is 10.7. The Morgan fingerprint density at radius 2 is 1.88 bits per heavy atom. The van der Waals surface area contributed by atoms with Gasteiger partial charge in [-0.2, -0.15) is 0 Å². The first-order valence-corrected chi connectivity index (χ1v) is 11.1. The molecule has 2 amide bonds. The first-order chi connectivity index (χ1) is 15.5. The molecule has 1 aliphatic rings. The van der Waals surface area contributed by atoms with Crippen LogP contribution in [0.15, 0.2) is 53.2 Å². The van der Waals surface area contributed by atoms with Crippen LogP contribution in [0.25, 0.3) is 6.08 Å². The van der Waals surface area contributed by atoms with E-state index in [9.17, 15) is 9.59 Å². The predicted octanol–water partition coefficient (Wildman–Crippen LogP) is 3.24. The summed E-state index contributed by atoms with van der Waals surface area (Å²) in [4.78, 5) is 31.2. The van der Waals surface area contributed by atoms with Crippen molar-refractivity contribution in [3.8, 4) is 5.75 Å². The lowest BCUT2D eigenvalue weighted by molar-refractivity contribution is -0.136. The molecule has 0 saturated carbocycles. The molecule has 0 aliphatic carbocycles. The Balaban J connectivity index is 1.59. The van der Waals surface area contributed by atoms with E-state index >= 15 is 0 Å². The number of piperazine rings is 1. The third-order valence-electron chi connectivity index (χ3n) is 5.65. The molecule has 0 N–H and O–H groups in total. The lowest BCUT2D eigenvalue weighted by atomic mass is 10.1. The number of nitrogens with zero attached hydrogens (tertiary/aromatic N) is 3. The number of carbonyl (C=O) groups is 2. The lowest BCUT2D eigenvalue weighted by Gasteiger charge is -2.36. The number of carbonyl (C=O) groups excluding carboxylic acids is 2. The smallest absolute Gasteiger partial charge is 0.289 e. The highest BCUT2D eigenvalue weighted by molar-refractivity contribution is 5.91. The van der Waals surface area contributed by atoms with E-state index < -0.39 is 0 Å². The number of hydrogen-bond acceptors (Lipinski definition) is 5. The maximum atomic E-state index is 13.0. The second kappa shape index (κ2) is 11.5. The van der Waals surface area contributed by atoms with Gasteiger partial charge in [0.2, 0.25) is 5.91 Å². The van der Waals surface area contributed by atoms with Crippen molar-refractivity contribution in [1.82, 2.24) is 14.7 Å². The minimum atomic E-state index is -0.131. The largest absolute Gasteiger partial charge is 0.496 e. The summed E-state index contributed by atoms with van der Waals surface area (Å²) in [6, 6.07) is 11.2. The third-order valence-corrected chi connectivity index (χ3v) is 5.65. The number of ether oxygens (including phenoxy) is 1. The van der Waals surface area contributed by atoms with Crippen LogP contribution in [0.5, 0.6) is 5.75 Å². The first-order valence-electron chi connectivity index (χ1n) is 11.1. The lowest BCUT2D eigenvalue weighted by Crippen LogP contribution is -2.51. The van der Waals surface area contributed by atoms with E-state index in [1.807, 2.05) is 55.2 Å². The van der Waals surface area contributed by atoms with Crippen LogP contribution < -0.4 is 4.74 Å². The van der Waals surface area contributed by atoms with Crippen molar-refractivity contribution in [3.05, 3.63) is 60.1 Å². The molecule has 2 aromatic rings. The molecule has 3 rings (SSSR count). The van der Waals surface area contributed by atoms with Crippen LogP contribution in [-0.4, -0.2) is 79.4 Å². The SMILES string of the molecule is COc1ccccc1/C=C/CN(CCN1CCN(C(=O)C(C)C)CC1)C(=O)c1ccco1. The number of para-hydroxylation sites is 1. The fourth-order valence-electron chi connectivity index (χ4n) is 3.76.